The third kappa shape index (κ3) is 10.3. The lowest BCUT2D eigenvalue weighted by Gasteiger charge is -2.22. The Hall–Kier alpha value is -1.70. The van der Waals surface area contributed by atoms with Gasteiger partial charge in [0.15, 0.2) is 0 Å². The van der Waals surface area contributed by atoms with Crippen LogP contribution in [0.2, 0.25) is 0 Å². The van der Waals surface area contributed by atoms with E-state index in [1.165, 1.54) is 0 Å². The van der Waals surface area contributed by atoms with E-state index in [1.807, 2.05) is 48.5 Å². The lowest BCUT2D eigenvalue weighted by molar-refractivity contribution is 0.212. The SMILES string of the molecule is O=NP(=O)(O)CCc1ccc(CN(CCCO)Cc2ccc(CCP(=O)(O)O)cc2)cc1. The van der Waals surface area contributed by atoms with Gasteiger partial charge in [-0.05, 0) is 41.5 Å². The van der Waals surface area contributed by atoms with Crippen LogP contribution in [0.5, 0.6) is 0 Å². The predicted octanol–water partition coefficient (Wildman–Crippen LogP) is 3.29. The smallest absolute Gasteiger partial charge is 0.350 e. The summed E-state index contributed by atoms with van der Waals surface area (Å²) >= 11 is 0. The maximum atomic E-state index is 11.4. The molecule has 1 atom stereocenters. The molecule has 0 aliphatic carbocycles. The minimum atomic E-state index is -4.01. The van der Waals surface area contributed by atoms with Crippen molar-refractivity contribution in [3.05, 3.63) is 75.7 Å². The maximum Gasteiger partial charge on any atom is 0.350 e. The molecule has 0 radical (unpaired) electrons. The molecule has 0 saturated heterocycles. The number of aliphatic hydroxyl groups excluding tert-OH is 1. The third-order valence-electron chi connectivity index (χ3n) is 5.00. The van der Waals surface area contributed by atoms with Gasteiger partial charge in [-0.3, -0.25) is 14.0 Å². The van der Waals surface area contributed by atoms with Gasteiger partial charge in [-0.15, -0.1) is 4.91 Å². The number of rotatable bonds is 14. The van der Waals surface area contributed by atoms with Gasteiger partial charge in [-0.25, -0.2) is 0 Å². The molecule has 4 N–H and O–H groups in total. The Kier molecular flexibility index (Phi) is 10.4. The molecule has 0 fully saturated rings. The Morgan fingerprint density at radius 3 is 1.59 bits per heavy atom. The summed E-state index contributed by atoms with van der Waals surface area (Å²) in [5.41, 5.74) is 3.82. The van der Waals surface area contributed by atoms with E-state index >= 15 is 0 Å². The monoisotopic (exact) mass is 484 g/mol. The number of aliphatic hydroxyl groups is 1. The molecule has 1 unspecified atom stereocenters. The first kappa shape index (κ1) is 26.6. The zero-order chi connectivity index (χ0) is 23.6. The van der Waals surface area contributed by atoms with E-state index in [-0.39, 0.29) is 18.9 Å². The van der Waals surface area contributed by atoms with Crippen LogP contribution in [0.25, 0.3) is 0 Å². The zero-order valence-electron chi connectivity index (χ0n) is 17.8. The fourth-order valence-corrected chi connectivity index (χ4v) is 4.42. The molecule has 2 rings (SSSR count). The molecule has 0 bridgehead atoms. The van der Waals surface area contributed by atoms with Crippen molar-refractivity contribution in [1.29, 1.82) is 0 Å². The fraction of sp³-hybridized carbons (Fsp3) is 0.429. The molecule has 0 amide bonds. The van der Waals surface area contributed by atoms with Crippen LogP contribution in [0.15, 0.2) is 53.5 Å². The van der Waals surface area contributed by atoms with E-state index in [4.69, 9.17) is 9.79 Å². The summed E-state index contributed by atoms with van der Waals surface area (Å²) in [6, 6.07) is 15.2. The largest absolute Gasteiger partial charge is 0.396 e. The van der Waals surface area contributed by atoms with Gasteiger partial charge in [0, 0.05) is 31.2 Å². The summed E-state index contributed by atoms with van der Waals surface area (Å²) in [4.78, 5) is 42.1. The number of nitrogens with zero attached hydrogens (tertiary/aromatic N) is 2. The first-order valence-electron chi connectivity index (χ1n) is 10.3. The number of hydrogen-bond donors (Lipinski definition) is 4. The molecular formula is C21H30N2O7P2. The molecule has 0 saturated carbocycles. The Labute approximate surface area is 187 Å². The summed E-state index contributed by atoms with van der Waals surface area (Å²) in [5.74, 6) is 0. The second-order valence-electron chi connectivity index (χ2n) is 7.78. The number of hydrogen-bond acceptors (Lipinski definition) is 5. The molecule has 32 heavy (non-hydrogen) atoms. The van der Waals surface area contributed by atoms with E-state index in [0.29, 0.717) is 38.9 Å². The van der Waals surface area contributed by atoms with Crippen LogP contribution in [0.4, 0.5) is 0 Å². The van der Waals surface area contributed by atoms with Crippen molar-refractivity contribution in [3.8, 4) is 0 Å². The van der Waals surface area contributed by atoms with Crippen LogP contribution in [0.3, 0.4) is 0 Å². The van der Waals surface area contributed by atoms with Crippen molar-refractivity contribution in [2.24, 2.45) is 4.95 Å². The van der Waals surface area contributed by atoms with Crippen LogP contribution >= 0.6 is 15.1 Å². The van der Waals surface area contributed by atoms with E-state index in [1.54, 1.807) is 0 Å². The van der Waals surface area contributed by atoms with E-state index in [9.17, 15) is 24.0 Å². The predicted molar refractivity (Wildman–Crippen MR) is 124 cm³/mol. The van der Waals surface area contributed by atoms with Gasteiger partial charge in [0.05, 0.1) is 12.3 Å². The van der Waals surface area contributed by atoms with Gasteiger partial charge in [0.25, 0.3) is 0 Å². The molecule has 0 aromatic heterocycles. The first-order chi connectivity index (χ1) is 15.1. The van der Waals surface area contributed by atoms with Crippen molar-refractivity contribution in [2.75, 3.05) is 25.5 Å². The number of aryl methyl sites for hydroxylation is 2. The maximum absolute atomic E-state index is 11.4. The highest BCUT2D eigenvalue weighted by Gasteiger charge is 2.18. The van der Waals surface area contributed by atoms with Gasteiger partial charge in [0.1, 0.15) is 0 Å². The summed E-state index contributed by atoms with van der Waals surface area (Å²) < 4.78 is 22.4. The van der Waals surface area contributed by atoms with E-state index in [2.05, 4.69) is 9.85 Å². The van der Waals surface area contributed by atoms with Gasteiger partial charge in [-0.2, -0.15) is 0 Å². The minimum absolute atomic E-state index is 0.0860. The summed E-state index contributed by atoms with van der Waals surface area (Å²) in [6.45, 7) is 2.08. The summed E-state index contributed by atoms with van der Waals surface area (Å²) in [7, 11) is -7.95. The topological polar surface area (TPSA) is 148 Å². The highest BCUT2D eigenvalue weighted by atomic mass is 31.2. The molecule has 176 valence electrons. The number of nitroso groups, excluding NO2 is 1. The van der Waals surface area contributed by atoms with Crippen molar-refractivity contribution >= 4 is 15.1 Å². The normalized spacial score (nSPS) is 13.8. The minimum Gasteiger partial charge on any atom is -0.396 e. The summed E-state index contributed by atoms with van der Waals surface area (Å²) in [6.07, 6.45) is 0.889. The molecule has 11 heteroatoms. The quantitative estimate of drug-likeness (QED) is 0.236. The van der Waals surface area contributed by atoms with Gasteiger partial charge < -0.3 is 19.8 Å². The molecule has 0 spiro atoms. The lowest BCUT2D eigenvalue weighted by Crippen LogP contribution is -2.24. The van der Waals surface area contributed by atoms with Crippen LogP contribution in [0.1, 0.15) is 28.7 Å². The molecule has 0 aliphatic heterocycles. The third-order valence-corrected chi connectivity index (χ3v) is 6.87. The van der Waals surface area contributed by atoms with Crippen LogP contribution in [-0.2, 0) is 35.1 Å². The summed E-state index contributed by atoms with van der Waals surface area (Å²) in [5, 5.41) is 9.23. The highest BCUT2D eigenvalue weighted by molar-refractivity contribution is 7.56. The standard InChI is InChI=1S/C21H30N2O7P2/c24-13-1-12-23(17-21-8-4-19(5-9-21)11-15-32(28,29)30)16-20-6-2-18(3-7-20)10-14-31(26,27)22-25/h2-9,24H,1,10-17H2,(H,26,27)(H2,28,29,30). The fourth-order valence-electron chi connectivity index (χ4n) is 3.24. The first-order valence-corrected chi connectivity index (χ1v) is 13.9. The molecule has 2 aromatic carbocycles. The van der Waals surface area contributed by atoms with Gasteiger partial charge in [-0.1, -0.05) is 48.5 Å². The highest BCUT2D eigenvalue weighted by Crippen LogP contribution is 2.42. The Morgan fingerprint density at radius 2 is 1.19 bits per heavy atom. The van der Waals surface area contributed by atoms with Crippen molar-refractivity contribution in [2.45, 2.75) is 32.4 Å². The molecule has 2 aromatic rings. The van der Waals surface area contributed by atoms with E-state index in [0.717, 1.165) is 22.3 Å². The molecule has 0 heterocycles. The molecule has 9 nitrogen and oxygen atoms in total. The van der Waals surface area contributed by atoms with Crippen molar-refractivity contribution < 1.29 is 28.9 Å². The van der Waals surface area contributed by atoms with Gasteiger partial charge >= 0.3 is 15.1 Å². The number of benzene rings is 2. The van der Waals surface area contributed by atoms with Crippen molar-refractivity contribution in [3.63, 3.8) is 0 Å². The van der Waals surface area contributed by atoms with Crippen molar-refractivity contribution in [1.82, 2.24) is 4.90 Å². The molecular weight excluding hydrogens is 454 g/mol. The van der Waals surface area contributed by atoms with Gasteiger partial charge in [0.2, 0.25) is 0 Å². The second-order valence-corrected chi connectivity index (χ2v) is 11.5. The van der Waals surface area contributed by atoms with Crippen LogP contribution < -0.4 is 0 Å². The Balaban J connectivity index is 1.97. The molecule has 0 aliphatic rings. The average Bonchev–Trinajstić information content (AvgIpc) is 2.76. The Morgan fingerprint density at radius 1 is 0.750 bits per heavy atom. The van der Waals surface area contributed by atoms with E-state index < -0.39 is 15.1 Å². The zero-order valence-corrected chi connectivity index (χ0v) is 19.6. The second kappa shape index (κ2) is 12.5. The lowest BCUT2D eigenvalue weighted by atomic mass is 10.1. The average molecular weight is 484 g/mol. The van der Waals surface area contributed by atoms with Crippen LogP contribution in [-0.4, -0.2) is 50.2 Å². The van der Waals surface area contributed by atoms with Crippen LogP contribution in [0, 0.1) is 4.91 Å². The Bertz CT molecular complexity index is 946.